The van der Waals surface area contributed by atoms with Gasteiger partial charge in [0.05, 0.1) is 5.69 Å². The molecule has 5 nitrogen and oxygen atoms in total. The molecule has 1 N–H and O–H groups in total. The lowest BCUT2D eigenvalue weighted by Crippen LogP contribution is -2.24. The number of nitrogens with one attached hydrogen (secondary N) is 1. The lowest BCUT2D eigenvalue weighted by Gasteiger charge is -2.11. The van der Waals surface area contributed by atoms with E-state index in [-0.39, 0.29) is 13.2 Å². The number of amides is 1. The zero-order valence-electron chi connectivity index (χ0n) is 14.7. The summed E-state index contributed by atoms with van der Waals surface area (Å²) in [7, 11) is 0. The van der Waals surface area contributed by atoms with Crippen LogP contribution in [0.25, 0.3) is 0 Å². The maximum Gasteiger partial charge on any atom is 0.344 e. The van der Waals surface area contributed by atoms with Crippen LogP contribution in [0.5, 0.6) is 5.75 Å². The van der Waals surface area contributed by atoms with Gasteiger partial charge in [0.2, 0.25) is 0 Å². The summed E-state index contributed by atoms with van der Waals surface area (Å²) in [5.74, 6) is -0.451. The molecule has 0 aliphatic rings. The van der Waals surface area contributed by atoms with Crippen molar-refractivity contribution in [2.24, 2.45) is 0 Å². The van der Waals surface area contributed by atoms with Crippen molar-refractivity contribution >= 4 is 49.4 Å². The number of rotatable bonds is 6. The number of carbonyl (C=O) groups is 2. The summed E-state index contributed by atoms with van der Waals surface area (Å²) in [6, 6.07) is 9.43. The summed E-state index contributed by atoms with van der Waals surface area (Å²) < 4.78 is 11.8. The molecule has 2 aromatic rings. The molecule has 0 saturated carbocycles. The van der Waals surface area contributed by atoms with Crippen molar-refractivity contribution in [2.45, 2.75) is 20.8 Å². The van der Waals surface area contributed by atoms with Crippen molar-refractivity contribution in [1.29, 1.82) is 0 Å². The monoisotopic (exact) mass is 483 g/mol. The van der Waals surface area contributed by atoms with Crippen LogP contribution in [0.15, 0.2) is 39.3 Å². The van der Waals surface area contributed by atoms with E-state index in [1.165, 1.54) is 0 Å². The third kappa shape index (κ3) is 6.14. The van der Waals surface area contributed by atoms with Gasteiger partial charge in [-0.05, 0) is 93.6 Å². The van der Waals surface area contributed by atoms with Crippen LogP contribution in [0.2, 0.25) is 0 Å². The van der Waals surface area contributed by atoms with Crippen LogP contribution in [0.4, 0.5) is 5.69 Å². The van der Waals surface area contributed by atoms with E-state index >= 15 is 0 Å². The molecule has 2 aromatic carbocycles. The minimum atomic E-state index is -0.610. The number of hydrogen-bond acceptors (Lipinski definition) is 4. The van der Waals surface area contributed by atoms with Gasteiger partial charge in [-0.25, -0.2) is 4.79 Å². The summed E-state index contributed by atoms with van der Waals surface area (Å²) in [6.07, 6.45) is 0. The van der Waals surface area contributed by atoms with E-state index in [2.05, 4.69) is 37.2 Å². The van der Waals surface area contributed by atoms with Crippen molar-refractivity contribution in [2.75, 3.05) is 18.5 Å². The van der Waals surface area contributed by atoms with Gasteiger partial charge in [-0.1, -0.05) is 6.07 Å². The second kappa shape index (κ2) is 9.19. The van der Waals surface area contributed by atoms with Crippen LogP contribution >= 0.6 is 31.9 Å². The van der Waals surface area contributed by atoms with Crippen LogP contribution in [0.3, 0.4) is 0 Å². The van der Waals surface area contributed by atoms with Gasteiger partial charge in [-0.2, -0.15) is 0 Å². The molecule has 2 rings (SSSR count). The first-order valence-electron chi connectivity index (χ1n) is 7.87. The molecule has 0 heterocycles. The fraction of sp³-hybridized carbons (Fsp3) is 0.263. The van der Waals surface area contributed by atoms with E-state index in [9.17, 15) is 9.59 Å². The molecule has 7 heteroatoms. The SMILES string of the molecule is Cc1cc(C)cc(OCC(=O)OCC(=O)Nc2c(Br)cc(C)cc2Br)c1. The highest BCUT2D eigenvalue weighted by Gasteiger charge is 2.13. The second-order valence-electron chi connectivity index (χ2n) is 5.92. The Morgan fingerprint density at radius 2 is 1.42 bits per heavy atom. The number of esters is 1. The number of benzene rings is 2. The Labute approximate surface area is 169 Å². The van der Waals surface area contributed by atoms with Crippen molar-refractivity contribution in [1.82, 2.24) is 0 Å². The number of hydrogen-bond donors (Lipinski definition) is 1. The number of carbonyl (C=O) groups excluding carboxylic acids is 2. The topological polar surface area (TPSA) is 64.6 Å². The minimum Gasteiger partial charge on any atom is -0.482 e. The molecule has 0 saturated heterocycles. The van der Waals surface area contributed by atoms with Crippen molar-refractivity contribution < 1.29 is 19.1 Å². The van der Waals surface area contributed by atoms with Crippen LogP contribution in [0, 0.1) is 20.8 Å². The van der Waals surface area contributed by atoms with E-state index in [1.807, 2.05) is 51.1 Å². The molecule has 0 radical (unpaired) electrons. The number of ether oxygens (including phenoxy) is 2. The van der Waals surface area contributed by atoms with Crippen LogP contribution in [-0.4, -0.2) is 25.1 Å². The van der Waals surface area contributed by atoms with E-state index in [4.69, 9.17) is 9.47 Å². The molecular weight excluding hydrogens is 466 g/mol. The molecule has 0 fully saturated rings. The molecule has 0 spiro atoms. The summed E-state index contributed by atoms with van der Waals surface area (Å²) >= 11 is 6.79. The molecule has 26 heavy (non-hydrogen) atoms. The normalized spacial score (nSPS) is 10.3. The quantitative estimate of drug-likeness (QED) is 0.603. The summed E-state index contributed by atoms with van der Waals surface area (Å²) in [5.41, 5.74) is 3.71. The Balaban J connectivity index is 1.82. The van der Waals surface area contributed by atoms with Gasteiger partial charge in [0.25, 0.3) is 5.91 Å². The van der Waals surface area contributed by atoms with Gasteiger partial charge in [-0.3, -0.25) is 4.79 Å². The van der Waals surface area contributed by atoms with Crippen molar-refractivity contribution in [3.05, 3.63) is 56.0 Å². The fourth-order valence-electron chi connectivity index (χ4n) is 2.34. The third-order valence-electron chi connectivity index (χ3n) is 3.37. The molecule has 0 aliphatic heterocycles. The number of anilines is 1. The Kier molecular flexibility index (Phi) is 7.23. The summed E-state index contributed by atoms with van der Waals surface area (Å²) in [6.45, 7) is 5.20. The van der Waals surface area contributed by atoms with Gasteiger partial charge in [-0.15, -0.1) is 0 Å². The first kappa shape index (κ1) is 20.5. The van der Waals surface area contributed by atoms with Gasteiger partial charge in [0.15, 0.2) is 13.2 Å². The van der Waals surface area contributed by atoms with Gasteiger partial charge < -0.3 is 14.8 Å². The first-order valence-corrected chi connectivity index (χ1v) is 9.45. The van der Waals surface area contributed by atoms with Gasteiger partial charge >= 0.3 is 5.97 Å². The molecule has 0 bridgehead atoms. The highest BCUT2D eigenvalue weighted by atomic mass is 79.9. The lowest BCUT2D eigenvalue weighted by molar-refractivity contribution is -0.149. The zero-order chi connectivity index (χ0) is 19.3. The van der Waals surface area contributed by atoms with Crippen molar-refractivity contribution in [3.8, 4) is 5.75 Å². The molecule has 0 atom stereocenters. The molecule has 138 valence electrons. The highest BCUT2D eigenvalue weighted by molar-refractivity contribution is 9.11. The van der Waals surface area contributed by atoms with Crippen LogP contribution < -0.4 is 10.1 Å². The number of aryl methyl sites for hydroxylation is 3. The minimum absolute atomic E-state index is 0.256. The average molecular weight is 485 g/mol. The smallest absolute Gasteiger partial charge is 0.344 e. The molecule has 1 amide bonds. The molecule has 0 aromatic heterocycles. The summed E-state index contributed by atoms with van der Waals surface area (Å²) in [5, 5.41) is 2.70. The third-order valence-corrected chi connectivity index (χ3v) is 4.62. The standard InChI is InChI=1S/C19H19Br2NO4/c1-11-4-12(2)6-14(5-11)25-10-18(24)26-9-17(23)22-19-15(20)7-13(3)8-16(19)21/h4-8H,9-10H2,1-3H3,(H,22,23). The Morgan fingerprint density at radius 3 is 2.00 bits per heavy atom. The fourth-order valence-corrected chi connectivity index (χ4v) is 3.95. The van der Waals surface area contributed by atoms with Gasteiger partial charge in [0, 0.05) is 8.95 Å². The second-order valence-corrected chi connectivity index (χ2v) is 7.63. The Bertz CT molecular complexity index is 793. The maximum atomic E-state index is 12.0. The maximum absolute atomic E-state index is 12.0. The first-order chi connectivity index (χ1) is 12.2. The predicted octanol–water partition coefficient (Wildman–Crippen LogP) is 4.70. The molecular formula is C19H19Br2NO4. The summed E-state index contributed by atoms with van der Waals surface area (Å²) in [4.78, 5) is 23.8. The average Bonchev–Trinajstić information content (AvgIpc) is 2.53. The molecule has 0 aliphatic carbocycles. The molecule has 0 unspecified atom stereocenters. The van der Waals surface area contributed by atoms with Crippen LogP contribution in [-0.2, 0) is 14.3 Å². The van der Waals surface area contributed by atoms with E-state index < -0.39 is 11.9 Å². The highest BCUT2D eigenvalue weighted by Crippen LogP contribution is 2.32. The van der Waals surface area contributed by atoms with Gasteiger partial charge in [0.1, 0.15) is 5.75 Å². The van der Waals surface area contributed by atoms with E-state index in [0.29, 0.717) is 11.4 Å². The predicted molar refractivity (Wildman–Crippen MR) is 108 cm³/mol. The zero-order valence-corrected chi connectivity index (χ0v) is 17.9. The lowest BCUT2D eigenvalue weighted by atomic mass is 10.1. The van der Waals surface area contributed by atoms with Crippen LogP contribution in [0.1, 0.15) is 16.7 Å². The van der Waals surface area contributed by atoms with E-state index in [1.54, 1.807) is 0 Å². The number of halogens is 2. The van der Waals surface area contributed by atoms with E-state index in [0.717, 1.165) is 25.6 Å². The Morgan fingerprint density at radius 1 is 0.885 bits per heavy atom. The van der Waals surface area contributed by atoms with Crippen molar-refractivity contribution in [3.63, 3.8) is 0 Å². The largest absolute Gasteiger partial charge is 0.482 e. The Hall–Kier alpha value is -1.86.